The van der Waals surface area contributed by atoms with Crippen molar-refractivity contribution < 1.29 is 28.6 Å². The van der Waals surface area contributed by atoms with Crippen LogP contribution in [0.3, 0.4) is 0 Å². The van der Waals surface area contributed by atoms with Crippen LogP contribution in [-0.4, -0.2) is 89.6 Å². The van der Waals surface area contributed by atoms with Gasteiger partial charge in [-0.1, -0.05) is 0 Å². The minimum Gasteiger partial charge on any atom is -0.448 e. The van der Waals surface area contributed by atoms with Crippen LogP contribution < -0.4 is 0 Å². The minimum absolute atomic E-state index is 0.274. The van der Waals surface area contributed by atoms with Crippen LogP contribution >= 0.6 is 0 Å². The van der Waals surface area contributed by atoms with E-state index in [9.17, 15) is 14.4 Å². The molecule has 0 radical (unpaired) electrons. The van der Waals surface area contributed by atoms with Gasteiger partial charge in [0.2, 0.25) is 0 Å². The average Bonchev–Trinajstić information content (AvgIpc) is 2.94. The van der Waals surface area contributed by atoms with Gasteiger partial charge < -0.3 is 28.9 Å². The standard InChI is InChI=1S/C19H33N3O6/c1-18(2,3)27-16(24)21-9-10-22(17(25)28-19(4,5)6)14(13-21)7-8-20-11-12-26-15(20)23/h14H,7-13H2,1-6H3. The number of rotatable bonds is 3. The maximum Gasteiger partial charge on any atom is 0.410 e. The second kappa shape index (κ2) is 8.45. The van der Waals surface area contributed by atoms with E-state index in [2.05, 4.69) is 0 Å². The van der Waals surface area contributed by atoms with E-state index in [0.29, 0.717) is 45.8 Å². The molecule has 3 amide bonds. The molecule has 1 atom stereocenters. The zero-order chi connectivity index (χ0) is 21.1. The molecule has 2 saturated heterocycles. The lowest BCUT2D eigenvalue weighted by Crippen LogP contribution is -2.58. The van der Waals surface area contributed by atoms with Crippen molar-refractivity contribution in [2.45, 2.75) is 65.2 Å². The largest absolute Gasteiger partial charge is 0.448 e. The molecular formula is C19H33N3O6. The number of cyclic esters (lactones) is 1. The van der Waals surface area contributed by atoms with E-state index in [-0.39, 0.29) is 12.1 Å². The molecule has 2 rings (SSSR count). The third-order valence-electron chi connectivity index (χ3n) is 4.34. The second-order valence-electron chi connectivity index (χ2n) is 9.14. The van der Waals surface area contributed by atoms with Crippen LogP contribution in [0.1, 0.15) is 48.0 Å². The molecule has 0 aromatic heterocycles. The number of amides is 3. The Labute approximate surface area is 166 Å². The molecule has 9 nitrogen and oxygen atoms in total. The van der Waals surface area contributed by atoms with Crippen molar-refractivity contribution in [2.24, 2.45) is 0 Å². The number of hydrogen-bond donors (Lipinski definition) is 0. The molecule has 2 heterocycles. The van der Waals surface area contributed by atoms with Crippen molar-refractivity contribution >= 4 is 18.3 Å². The lowest BCUT2D eigenvalue weighted by atomic mass is 10.1. The maximum atomic E-state index is 12.7. The van der Waals surface area contributed by atoms with Gasteiger partial charge in [-0.05, 0) is 48.0 Å². The second-order valence-corrected chi connectivity index (χ2v) is 9.14. The molecule has 9 heteroatoms. The zero-order valence-electron chi connectivity index (χ0n) is 17.8. The lowest BCUT2D eigenvalue weighted by Gasteiger charge is -2.42. The van der Waals surface area contributed by atoms with E-state index < -0.39 is 23.4 Å². The summed E-state index contributed by atoms with van der Waals surface area (Å²) in [6.45, 7) is 13.3. The first kappa shape index (κ1) is 22.1. The predicted octanol–water partition coefficient (Wildman–Crippen LogP) is 2.69. The molecule has 0 spiro atoms. The van der Waals surface area contributed by atoms with Gasteiger partial charge in [0.15, 0.2) is 0 Å². The molecule has 2 aliphatic heterocycles. The normalized spacial score (nSPS) is 20.9. The molecule has 0 aromatic rings. The predicted molar refractivity (Wildman–Crippen MR) is 102 cm³/mol. The highest BCUT2D eigenvalue weighted by Crippen LogP contribution is 2.21. The van der Waals surface area contributed by atoms with E-state index in [1.807, 2.05) is 41.5 Å². The van der Waals surface area contributed by atoms with Gasteiger partial charge in [0.25, 0.3) is 0 Å². The van der Waals surface area contributed by atoms with E-state index >= 15 is 0 Å². The average molecular weight is 399 g/mol. The molecule has 28 heavy (non-hydrogen) atoms. The summed E-state index contributed by atoms with van der Waals surface area (Å²) in [6.07, 6.45) is -0.635. The molecule has 1 unspecified atom stereocenters. The number of carbonyl (C=O) groups excluding carboxylic acids is 3. The Morgan fingerprint density at radius 1 is 1.00 bits per heavy atom. The van der Waals surface area contributed by atoms with Gasteiger partial charge in [0.05, 0.1) is 12.6 Å². The highest BCUT2D eigenvalue weighted by Gasteiger charge is 2.37. The van der Waals surface area contributed by atoms with Crippen molar-refractivity contribution in [1.82, 2.24) is 14.7 Å². The van der Waals surface area contributed by atoms with Gasteiger partial charge >= 0.3 is 18.3 Å². The third-order valence-corrected chi connectivity index (χ3v) is 4.34. The highest BCUT2D eigenvalue weighted by molar-refractivity contribution is 5.71. The highest BCUT2D eigenvalue weighted by atomic mass is 16.6. The molecule has 160 valence electrons. The van der Waals surface area contributed by atoms with Crippen LogP contribution in [0, 0.1) is 0 Å². The summed E-state index contributed by atoms with van der Waals surface area (Å²) in [6, 6.07) is -0.274. The SMILES string of the molecule is CC(C)(C)OC(=O)N1CCN(C(=O)OC(C)(C)C)C(CCN2CCOC2=O)C1. The first-order valence-electron chi connectivity index (χ1n) is 9.75. The summed E-state index contributed by atoms with van der Waals surface area (Å²) in [4.78, 5) is 41.7. The van der Waals surface area contributed by atoms with Crippen LogP contribution in [0.25, 0.3) is 0 Å². The van der Waals surface area contributed by atoms with Crippen molar-refractivity contribution in [3.05, 3.63) is 0 Å². The van der Waals surface area contributed by atoms with Gasteiger partial charge in [-0.2, -0.15) is 0 Å². The molecule has 0 N–H and O–H groups in total. The van der Waals surface area contributed by atoms with Crippen LogP contribution in [0.2, 0.25) is 0 Å². The van der Waals surface area contributed by atoms with Crippen molar-refractivity contribution in [1.29, 1.82) is 0 Å². The quantitative estimate of drug-likeness (QED) is 0.678. The summed E-state index contributed by atoms with van der Waals surface area (Å²) in [5.74, 6) is 0. The molecule has 0 aromatic carbocycles. The monoisotopic (exact) mass is 399 g/mol. The Morgan fingerprint density at radius 3 is 2.14 bits per heavy atom. The van der Waals surface area contributed by atoms with E-state index in [1.54, 1.807) is 14.7 Å². The molecule has 0 bridgehead atoms. The number of piperazine rings is 1. The van der Waals surface area contributed by atoms with Crippen molar-refractivity contribution in [3.8, 4) is 0 Å². The molecule has 2 fully saturated rings. The Kier molecular flexibility index (Phi) is 6.67. The van der Waals surface area contributed by atoms with Crippen molar-refractivity contribution in [3.63, 3.8) is 0 Å². The van der Waals surface area contributed by atoms with Crippen LogP contribution in [0.5, 0.6) is 0 Å². The first-order valence-corrected chi connectivity index (χ1v) is 9.75. The van der Waals surface area contributed by atoms with Crippen molar-refractivity contribution in [2.75, 3.05) is 39.3 Å². The molecule has 2 aliphatic rings. The van der Waals surface area contributed by atoms with Gasteiger partial charge in [-0.25, -0.2) is 14.4 Å². The summed E-state index contributed by atoms with van der Waals surface area (Å²) < 4.78 is 15.9. The fourth-order valence-electron chi connectivity index (χ4n) is 3.09. The van der Waals surface area contributed by atoms with Gasteiger partial charge in [0.1, 0.15) is 17.8 Å². The lowest BCUT2D eigenvalue weighted by molar-refractivity contribution is -0.0164. The number of hydrogen-bond acceptors (Lipinski definition) is 6. The van der Waals surface area contributed by atoms with E-state index in [0.717, 1.165) is 0 Å². The molecular weight excluding hydrogens is 366 g/mol. The van der Waals surface area contributed by atoms with Gasteiger partial charge in [-0.15, -0.1) is 0 Å². The molecule has 0 aliphatic carbocycles. The number of ether oxygens (including phenoxy) is 3. The smallest absolute Gasteiger partial charge is 0.410 e. The Hall–Kier alpha value is -2.19. The van der Waals surface area contributed by atoms with Gasteiger partial charge in [0, 0.05) is 26.2 Å². The van der Waals surface area contributed by atoms with E-state index in [4.69, 9.17) is 14.2 Å². The Balaban J connectivity index is 2.06. The first-order chi connectivity index (χ1) is 12.9. The van der Waals surface area contributed by atoms with Crippen LogP contribution in [-0.2, 0) is 14.2 Å². The third kappa shape index (κ3) is 6.45. The van der Waals surface area contributed by atoms with Crippen LogP contribution in [0.15, 0.2) is 0 Å². The minimum atomic E-state index is -0.608. The maximum absolute atomic E-state index is 12.7. The fraction of sp³-hybridized carbons (Fsp3) is 0.842. The zero-order valence-corrected chi connectivity index (χ0v) is 17.8. The summed E-state index contributed by atoms with van der Waals surface area (Å²) in [5.41, 5.74) is -1.20. The fourth-order valence-corrected chi connectivity index (χ4v) is 3.09. The summed E-state index contributed by atoms with van der Waals surface area (Å²) in [7, 11) is 0. The number of nitrogens with zero attached hydrogens (tertiary/aromatic N) is 3. The Morgan fingerprint density at radius 2 is 1.61 bits per heavy atom. The van der Waals surface area contributed by atoms with E-state index in [1.165, 1.54) is 0 Å². The molecule has 0 saturated carbocycles. The summed E-state index contributed by atoms with van der Waals surface area (Å²) >= 11 is 0. The van der Waals surface area contributed by atoms with Gasteiger partial charge in [-0.3, -0.25) is 0 Å². The van der Waals surface area contributed by atoms with Crippen LogP contribution in [0.4, 0.5) is 14.4 Å². The Bertz CT molecular complexity index is 595. The summed E-state index contributed by atoms with van der Waals surface area (Å²) in [5, 5.41) is 0. The topological polar surface area (TPSA) is 88.6 Å². The number of carbonyl (C=O) groups is 3.